The highest BCUT2D eigenvalue weighted by molar-refractivity contribution is 6.07. The summed E-state index contributed by atoms with van der Waals surface area (Å²) in [6.45, 7) is 7.89. The van der Waals surface area contributed by atoms with Gasteiger partial charge in [0.2, 0.25) is 0 Å². The lowest BCUT2D eigenvalue weighted by Gasteiger charge is -2.19. The molecule has 0 aliphatic rings. The minimum Gasteiger partial charge on any atom is -0.481 e. The van der Waals surface area contributed by atoms with Gasteiger partial charge in [-0.3, -0.25) is 9.36 Å². The zero-order valence-electron chi connectivity index (χ0n) is 16.9. The van der Waals surface area contributed by atoms with Gasteiger partial charge < -0.3 is 9.47 Å². The number of ether oxygens (including phenoxy) is 2. The number of carbonyl (C=O) groups excluding carboxylic acids is 2. The predicted molar refractivity (Wildman–Crippen MR) is 109 cm³/mol. The molecule has 1 heterocycles. The number of esters is 1. The lowest BCUT2D eigenvalue weighted by Crippen LogP contribution is -2.29. The molecule has 146 valence electrons. The van der Waals surface area contributed by atoms with Gasteiger partial charge in [0, 0.05) is 11.6 Å². The van der Waals surface area contributed by atoms with E-state index in [4.69, 9.17) is 9.47 Å². The van der Waals surface area contributed by atoms with E-state index in [-0.39, 0.29) is 11.8 Å². The van der Waals surface area contributed by atoms with Crippen molar-refractivity contribution in [3.63, 3.8) is 0 Å². The number of para-hydroxylation sites is 1. The van der Waals surface area contributed by atoms with Gasteiger partial charge in [-0.15, -0.1) is 0 Å². The molecule has 1 aromatic heterocycles. The van der Waals surface area contributed by atoms with Gasteiger partial charge in [-0.25, -0.2) is 4.79 Å². The van der Waals surface area contributed by atoms with Gasteiger partial charge in [0.15, 0.2) is 6.10 Å². The van der Waals surface area contributed by atoms with Gasteiger partial charge in [0.05, 0.1) is 18.2 Å². The highest BCUT2D eigenvalue weighted by atomic mass is 16.5. The van der Waals surface area contributed by atoms with Gasteiger partial charge >= 0.3 is 5.97 Å². The molecule has 0 saturated heterocycles. The molecular weight excluding hydrogens is 354 g/mol. The van der Waals surface area contributed by atoms with Crippen LogP contribution in [-0.4, -0.2) is 29.7 Å². The fraction of sp³-hybridized carbons (Fsp3) is 0.304. The number of fused-ring (bicyclic) bond motifs is 1. The van der Waals surface area contributed by atoms with Crippen molar-refractivity contribution in [3.05, 3.63) is 65.4 Å². The topological polar surface area (TPSA) is 57.5 Å². The molecule has 2 aromatic carbocycles. The summed E-state index contributed by atoms with van der Waals surface area (Å²) in [6.07, 6.45) is 0.804. The Morgan fingerprint density at radius 3 is 2.43 bits per heavy atom. The maximum atomic E-state index is 13.1. The van der Waals surface area contributed by atoms with Crippen molar-refractivity contribution in [2.45, 2.75) is 39.7 Å². The Bertz CT molecular complexity index is 1030. The third-order valence-corrected chi connectivity index (χ3v) is 4.80. The van der Waals surface area contributed by atoms with Crippen LogP contribution in [0.3, 0.4) is 0 Å². The third-order valence-electron chi connectivity index (χ3n) is 4.80. The van der Waals surface area contributed by atoms with E-state index in [9.17, 15) is 9.59 Å². The Morgan fingerprint density at radius 2 is 1.75 bits per heavy atom. The summed E-state index contributed by atoms with van der Waals surface area (Å²) in [4.78, 5) is 25.2. The van der Waals surface area contributed by atoms with Crippen molar-refractivity contribution in [1.29, 1.82) is 0 Å². The molecule has 0 spiro atoms. The first-order chi connectivity index (χ1) is 13.3. The number of carbonyl (C=O) groups is 2. The Labute approximate surface area is 164 Å². The second-order valence-electron chi connectivity index (χ2n) is 7.22. The smallest absolute Gasteiger partial charge is 0.340 e. The second-order valence-corrected chi connectivity index (χ2v) is 7.22. The minimum atomic E-state index is -0.722. The third kappa shape index (κ3) is 3.65. The number of hydrogen-bond donors (Lipinski definition) is 0. The van der Waals surface area contributed by atoms with Gasteiger partial charge in [-0.05, 0) is 43.0 Å². The number of benzene rings is 2. The summed E-state index contributed by atoms with van der Waals surface area (Å²) in [5.41, 5.74) is 3.13. The van der Waals surface area contributed by atoms with Crippen LogP contribution in [0.1, 0.15) is 53.0 Å². The van der Waals surface area contributed by atoms with E-state index in [0.29, 0.717) is 22.2 Å². The van der Waals surface area contributed by atoms with Crippen molar-refractivity contribution in [1.82, 2.24) is 4.57 Å². The average Bonchev–Trinajstić information content (AvgIpc) is 3.06. The molecule has 3 rings (SSSR count). The first kappa shape index (κ1) is 19.7. The second kappa shape index (κ2) is 7.89. The van der Waals surface area contributed by atoms with E-state index in [1.807, 2.05) is 37.3 Å². The number of rotatable bonds is 5. The van der Waals surface area contributed by atoms with Crippen LogP contribution in [0.4, 0.5) is 0 Å². The normalized spacial score (nSPS) is 12.2. The van der Waals surface area contributed by atoms with Crippen molar-refractivity contribution >= 4 is 22.8 Å². The van der Waals surface area contributed by atoms with Gasteiger partial charge in [0.1, 0.15) is 5.75 Å². The number of aromatic nitrogens is 1. The summed E-state index contributed by atoms with van der Waals surface area (Å²) >= 11 is 0. The van der Waals surface area contributed by atoms with Crippen LogP contribution in [0.5, 0.6) is 5.75 Å². The van der Waals surface area contributed by atoms with Crippen LogP contribution in [-0.2, 0) is 4.74 Å². The Morgan fingerprint density at radius 1 is 1.04 bits per heavy atom. The fourth-order valence-electron chi connectivity index (χ4n) is 3.29. The molecule has 0 N–H and O–H groups in total. The lowest BCUT2D eigenvalue weighted by molar-refractivity contribution is 0.0602. The largest absolute Gasteiger partial charge is 0.481 e. The summed E-state index contributed by atoms with van der Waals surface area (Å²) in [5, 5.41) is 0.674. The Balaban J connectivity index is 1.97. The van der Waals surface area contributed by atoms with Crippen molar-refractivity contribution in [2.75, 3.05) is 7.11 Å². The highest BCUT2D eigenvalue weighted by Gasteiger charge is 2.24. The Kier molecular flexibility index (Phi) is 5.54. The molecule has 0 aliphatic carbocycles. The molecular formula is C23H25NO4. The van der Waals surface area contributed by atoms with Gasteiger partial charge in [-0.2, -0.15) is 0 Å². The summed E-state index contributed by atoms with van der Waals surface area (Å²) in [6, 6.07) is 13.3. The standard InChI is InChI=1S/C23H25NO4/c1-14(2)17-11-10-15(3)12-21(17)28-16(4)22(25)24-13-19(23(26)27-5)18-8-6-7-9-20(18)24/h6-14,16H,1-5H3. The van der Waals surface area contributed by atoms with E-state index in [1.54, 1.807) is 19.1 Å². The maximum Gasteiger partial charge on any atom is 0.340 e. The van der Waals surface area contributed by atoms with E-state index >= 15 is 0 Å². The van der Waals surface area contributed by atoms with Crippen molar-refractivity contribution in [3.8, 4) is 5.75 Å². The summed E-state index contributed by atoms with van der Waals surface area (Å²) < 4.78 is 12.4. The Hall–Kier alpha value is -3.08. The molecule has 1 unspecified atom stereocenters. The molecule has 5 heteroatoms. The minimum absolute atomic E-state index is 0.248. The number of methoxy groups -OCH3 is 1. The number of hydrogen-bond acceptors (Lipinski definition) is 4. The van der Waals surface area contributed by atoms with Crippen LogP contribution in [0.2, 0.25) is 0 Å². The first-order valence-electron chi connectivity index (χ1n) is 9.33. The number of aryl methyl sites for hydroxylation is 1. The molecule has 0 saturated carbocycles. The molecule has 0 fully saturated rings. The average molecular weight is 379 g/mol. The molecule has 0 aliphatic heterocycles. The summed E-state index contributed by atoms with van der Waals surface area (Å²) in [5.74, 6) is 0.261. The molecule has 1 atom stereocenters. The molecule has 3 aromatic rings. The monoisotopic (exact) mass is 379 g/mol. The van der Waals surface area contributed by atoms with Crippen LogP contribution in [0, 0.1) is 6.92 Å². The predicted octanol–water partition coefficient (Wildman–Crippen LogP) is 4.97. The quantitative estimate of drug-likeness (QED) is 0.588. The number of nitrogens with zero attached hydrogens (tertiary/aromatic N) is 1. The van der Waals surface area contributed by atoms with E-state index < -0.39 is 12.1 Å². The van der Waals surface area contributed by atoms with E-state index in [0.717, 1.165) is 11.1 Å². The molecule has 0 bridgehead atoms. The lowest BCUT2D eigenvalue weighted by atomic mass is 10.0. The van der Waals surface area contributed by atoms with Crippen LogP contribution in [0.15, 0.2) is 48.7 Å². The van der Waals surface area contributed by atoms with E-state index in [1.165, 1.54) is 17.9 Å². The van der Waals surface area contributed by atoms with E-state index in [2.05, 4.69) is 13.8 Å². The molecule has 28 heavy (non-hydrogen) atoms. The van der Waals surface area contributed by atoms with Crippen molar-refractivity contribution in [2.24, 2.45) is 0 Å². The molecule has 0 radical (unpaired) electrons. The van der Waals surface area contributed by atoms with Crippen molar-refractivity contribution < 1.29 is 19.1 Å². The zero-order chi connectivity index (χ0) is 20.4. The van der Waals surface area contributed by atoms with Gasteiger partial charge in [-0.1, -0.05) is 44.2 Å². The maximum absolute atomic E-state index is 13.1. The molecule has 0 amide bonds. The summed E-state index contributed by atoms with van der Waals surface area (Å²) in [7, 11) is 1.33. The van der Waals surface area contributed by atoms with Crippen LogP contribution >= 0.6 is 0 Å². The SMILES string of the molecule is COC(=O)c1cn(C(=O)C(C)Oc2cc(C)ccc2C(C)C)c2ccccc12. The zero-order valence-corrected chi connectivity index (χ0v) is 16.9. The van der Waals surface area contributed by atoms with Gasteiger partial charge in [0.25, 0.3) is 5.91 Å². The molecule has 5 nitrogen and oxygen atoms in total. The fourth-order valence-corrected chi connectivity index (χ4v) is 3.29. The van der Waals surface area contributed by atoms with Crippen LogP contribution < -0.4 is 4.74 Å². The first-order valence-corrected chi connectivity index (χ1v) is 9.33. The highest BCUT2D eigenvalue weighted by Crippen LogP contribution is 2.29. The van der Waals surface area contributed by atoms with Crippen LogP contribution in [0.25, 0.3) is 10.9 Å².